The van der Waals surface area contributed by atoms with Gasteiger partial charge >= 0.3 is 0 Å². The first-order valence-electron chi connectivity index (χ1n) is 6.08. The topological polar surface area (TPSA) is 46.2 Å². The summed E-state index contributed by atoms with van der Waals surface area (Å²) in [4.78, 5) is 23.8. The minimum Gasteiger partial charge on any atom is -0.356 e. The second kappa shape index (κ2) is 6.29. The average Bonchev–Trinajstić information content (AvgIpc) is 2.87. The molecule has 1 N–H and O–H groups in total. The Labute approximate surface area is 116 Å². The van der Waals surface area contributed by atoms with E-state index >= 15 is 0 Å². The van der Waals surface area contributed by atoms with Gasteiger partial charge < -0.3 is 5.32 Å². The molecule has 1 amide bonds. The SMILES string of the molecule is CC(=O)NCCc1ccc(-c2ccc(C=O)cc2)s1. The lowest BCUT2D eigenvalue weighted by Gasteiger charge is -1.99. The molecule has 0 aliphatic rings. The van der Waals surface area contributed by atoms with Crippen LogP contribution in [0, 0.1) is 0 Å². The molecule has 1 heterocycles. The third-order valence-corrected chi connectivity index (χ3v) is 3.93. The van der Waals surface area contributed by atoms with Crippen molar-refractivity contribution in [3.8, 4) is 10.4 Å². The maximum atomic E-state index is 10.8. The van der Waals surface area contributed by atoms with Crippen LogP contribution in [-0.4, -0.2) is 18.7 Å². The Morgan fingerprint density at radius 3 is 2.58 bits per heavy atom. The number of thiophene rings is 1. The third-order valence-electron chi connectivity index (χ3n) is 2.74. The molecular weight excluding hydrogens is 258 g/mol. The summed E-state index contributed by atoms with van der Waals surface area (Å²) in [7, 11) is 0. The number of hydrogen-bond acceptors (Lipinski definition) is 3. The average molecular weight is 273 g/mol. The highest BCUT2D eigenvalue weighted by molar-refractivity contribution is 7.15. The molecule has 0 atom stereocenters. The Morgan fingerprint density at radius 1 is 1.21 bits per heavy atom. The van der Waals surface area contributed by atoms with Gasteiger partial charge in [0.15, 0.2) is 0 Å². The highest BCUT2D eigenvalue weighted by Crippen LogP contribution is 2.28. The van der Waals surface area contributed by atoms with Gasteiger partial charge in [0.05, 0.1) is 0 Å². The molecule has 1 aromatic heterocycles. The van der Waals surface area contributed by atoms with Crippen LogP contribution >= 0.6 is 11.3 Å². The molecule has 2 rings (SSSR count). The minimum absolute atomic E-state index is 0.00114. The molecule has 0 unspecified atom stereocenters. The van der Waals surface area contributed by atoms with Gasteiger partial charge in [0.2, 0.25) is 5.91 Å². The minimum atomic E-state index is 0.00114. The van der Waals surface area contributed by atoms with Crippen LogP contribution in [0.2, 0.25) is 0 Å². The summed E-state index contributed by atoms with van der Waals surface area (Å²) in [6.07, 6.45) is 1.69. The van der Waals surface area contributed by atoms with Crippen molar-refractivity contribution >= 4 is 23.5 Å². The summed E-state index contributed by atoms with van der Waals surface area (Å²) in [5, 5.41) is 2.79. The van der Waals surface area contributed by atoms with E-state index < -0.39 is 0 Å². The van der Waals surface area contributed by atoms with Gasteiger partial charge in [-0.2, -0.15) is 0 Å². The Morgan fingerprint density at radius 2 is 1.95 bits per heavy atom. The first-order valence-corrected chi connectivity index (χ1v) is 6.89. The molecule has 2 aromatic rings. The van der Waals surface area contributed by atoms with Gasteiger partial charge in [-0.1, -0.05) is 24.3 Å². The van der Waals surface area contributed by atoms with E-state index in [9.17, 15) is 9.59 Å². The quantitative estimate of drug-likeness (QED) is 0.851. The smallest absolute Gasteiger partial charge is 0.216 e. The van der Waals surface area contributed by atoms with Crippen LogP contribution < -0.4 is 5.32 Å². The van der Waals surface area contributed by atoms with Gasteiger partial charge in [0.1, 0.15) is 6.29 Å². The third kappa shape index (κ3) is 3.76. The monoisotopic (exact) mass is 273 g/mol. The zero-order valence-electron chi connectivity index (χ0n) is 10.7. The van der Waals surface area contributed by atoms with E-state index in [0.717, 1.165) is 18.3 Å². The van der Waals surface area contributed by atoms with Crippen LogP contribution in [0.5, 0.6) is 0 Å². The van der Waals surface area contributed by atoms with Crippen LogP contribution in [0.15, 0.2) is 36.4 Å². The van der Waals surface area contributed by atoms with Crippen molar-refractivity contribution in [3.05, 3.63) is 46.8 Å². The van der Waals surface area contributed by atoms with Crippen LogP contribution in [0.25, 0.3) is 10.4 Å². The highest BCUT2D eigenvalue weighted by atomic mass is 32.1. The molecule has 3 nitrogen and oxygen atoms in total. The van der Waals surface area contributed by atoms with Crippen molar-refractivity contribution in [2.24, 2.45) is 0 Å². The van der Waals surface area contributed by atoms with Crippen LogP contribution in [0.4, 0.5) is 0 Å². The van der Waals surface area contributed by atoms with Crippen LogP contribution in [0.1, 0.15) is 22.2 Å². The number of carbonyl (C=O) groups is 2. The van der Waals surface area contributed by atoms with E-state index in [-0.39, 0.29) is 5.91 Å². The molecule has 0 aliphatic carbocycles. The lowest BCUT2D eigenvalue weighted by molar-refractivity contribution is -0.118. The fourth-order valence-electron chi connectivity index (χ4n) is 1.76. The van der Waals surface area contributed by atoms with Crippen molar-refractivity contribution in [2.45, 2.75) is 13.3 Å². The zero-order valence-corrected chi connectivity index (χ0v) is 11.5. The first kappa shape index (κ1) is 13.5. The van der Waals surface area contributed by atoms with Gasteiger partial charge in [-0.3, -0.25) is 9.59 Å². The van der Waals surface area contributed by atoms with Crippen molar-refractivity contribution < 1.29 is 9.59 Å². The molecule has 0 bridgehead atoms. The molecule has 4 heteroatoms. The summed E-state index contributed by atoms with van der Waals surface area (Å²) >= 11 is 1.71. The molecule has 0 saturated heterocycles. The summed E-state index contributed by atoms with van der Waals surface area (Å²) in [6, 6.07) is 11.7. The molecule has 98 valence electrons. The summed E-state index contributed by atoms with van der Waals surface area (Å²) in [6.45, 7) is 2.19. The Bertz CT molecular complexity index is 572. The summed E-state index contributed by atoms with van der Waals surface area (Å²) in [5.74, 6) is 0.00114. The van der Waals surface area contributed by atoms with Gasteiger partial charge in [-0.25, -0.2) is 0 Å². The Balaban J connectivity index is 2.03. The number of rotatable bonds is 5. The van der Waals surface area contributed by atoms with E-state index in [1.807, 2.05) is 24.3 Å². The lowest BCUT2D eigenvalue weighted by Crippen LogP contribution is -2.21. The second-order valence-electron chi connectivity index (χ2n) is 4.24. The zero-order chi connectivity index (χ0) is 13.7. The van der Waals surface area contributed by atoms with E-state index in [2.05, 4.69) is 17.4 Å². The number of aldehydes is 1. The maximum Gasteiger partial charge on any atom is 0.216 e. The largest absolute Gasteiger partial charge is 0.356 e. The summed E-state index contributed by atoms with van der Waals surface area (Å²) in [5.41, 5.74) is 1.80. The lowest BCUT2D eigenvalue weighted by atomic mass is 10.1. The van der Waals surface area contributed by atoms with Crippen molar-refractivity contribution in [3.63, 3.8) is 0 Å². The predicted molar refractivity (Wildman–Crippen MR) is 77.5 cm³/mol. The second-order valence-corrected chi connectivity index (χ2v) is 5.41. The van der Waals surface area contributed by atoms with Gasteiger partial charge in [-0.05, 0) is 24.1 Å². The standard InChI is InChI=1S/C15H15NO2S/c1-11(18)16-9-8-14-6-7-15(19-14)13-4-2-12(10-17)3-5-13/h2-7,10H,8-9H2,1H3,(H,16,18). The first-order chi connectivity index (χ1) is 9.19. The van der Waals surface area contributed by atoms with E-state index in [1.165, 1.54) is 16.7 Å². The maximum absolute atomic E-state index is 10.8. The molecule has 0 fully saturated rings. The molecular formula is C15H15NO2S. The number of carbonyl (C=O) groups excluding carboxylic acids is 2. The van der Waals surface area contributed by atoms with E-state index in [1.54, 1.807) is 11.3 Å². The van der Waals surface area contributed by atoms with Crippen LogP contribution in [-0.2, 0) is 11.2 Å². The molecule has 1 aromatic carbocycles. The molecule has 0 aliphatic heterocycles. The highest BCUT2D eigenvalue weighted by Gasteiger charge is 2.03. The van der Waals surface area contributed by atoms with Gasteiger partial charge in [-0.15, -0.1) is 11.3 Å². The Hall–Kier alpha value is -1.94. The Kier molecular flexibility index (Phi) is 4.47. The summed E-state index contributed by atoms with van der Waals surface area (Å²) < 4.78 is 0. The molecule has 0 spiro atoms. The normalized spacial score (nSPS) is 10.2. The van der Waals surface area contributed by atoms with Crippen LogP contribution in [0.3, 0.4) is 0 Å². The van der Waals surface area contributed by atoms with Crippen molar-refractivity contribution in [2.75, 3.05) is 6.54 Å². The number of hydrogen-bond donors (Lipinski definition) is 1. The number of nitrogens with one attached hydrogen (secondary N) is 1. The van der Waals surface area contributed by atoms with Gasteiger partial charge in [0, 0.05) is 28.8 Å². The number of amides is 1. The predicted octanol–water partition coefficient (Wildman–Crippen LogP) is 2.91. The van der Waals surface area contributed by atoms with Crippen molar-refractivity contribution in [1.82, 2.24) is 5.32 Å². The fraction of sp³-hybridized carbons (Fsp3) is 0.200. The molecule has 0 saturated carbocycles. The number of benzene rings is 1. The molecule has 0 radical (unpaired) electrons. The van der Waals surface area contributed by atoms with Crippen molar-refractivity contribution in [1.29, 1.82) is 0 Å². The fourth-order valence-corrected chi connectivity index (χ4v) is 2.77. The van der Waals surface area contributed by atoms with E-state index in [0.29, 0.717) is 12.1 Å². The van der Waals surface area contributed by atoms with Gasteiger partial charge in [0.25, 0.3) is 0 Å². The molecule has 19 heavy (non-hydrogen) atoms. The van der Waals surface area contributed by atoms with E-state index in [4.69, 9.17) is 0 Å².